The van der Waals surface area contributed by atoms with Crippen molar-refractivity contribution in [3.8, 4) is 0 Å². The van der Waals surface area contributed by atoms with E-state index in [1.807, 2.05) is 0 Å². The highest BCUT2D eigenvalue weighted by Gasteiger charge is 2.30. The summed E-state index contributed by atoms with van der Waals surface area (Å²) in [6.07, 6.45) is 0.0633. The van der Waals surface area contributed by atoms with Crippen LogP contribution in [0.4, 0.5) is 22.0 Å². The Labute approximate surface area is 152 Å². The molecule has 8 heteroatoms. The van der Waals surface area contributed by atoms with Crippen LogP contribution in [0.25, 0.3) is 11.1 Å². The molecule has 0 spiro atoms. The minimum absolute atomic E-state index is 0.112. The summed E-state index contributed by atoms with van der Waals surface area (Å²) in [7, 11) is -4.08. The largest absolute Gasteiger partial charge is 0.416 e. The second-order valence-electron chi connectivity index (χ2n) is 6.09. The molecule has 2 aromatic carbocycles. The summed E-state index contributed by atoms with van der Waals surface area (Å²) in [6, 6.07) is 6.25. The molecule has 2 nitrogen and oxygen atoms in total. The predicted molar refractivity (Wildman–Crippen MR) is 91.5 cm³/mol. The first-order chi connectivity index (χ1) is 12.5. The van der Waals surface area contributed by atoms with Crippen LogP contribution in [0.1, 0.15) is 23.1 Å². The van der Waals surface area contributed by atoms with Gasteiger partial charge in [0.2, 0.25) is 0 Å². The van der Waals surface area contributed by atoms with Gasteiger partial charge in [-0.3, -0.25) is 0 Å². The van der Waals surface area contributed by atoms with Crippen LogP contribution in [0.5, 0.6) is 0 Å². The zero-order valence-electron chi connectivity index (χ0n) is 13.9. The molecule has 0 aromatic heterocycles. The predicted octanol–water partition coefficient (Wildman–Crippen LogP) is 5.26. The van der Waals surface area contributed by atoms with Crippen molar-refractivity contribution in [2.45, 2.75) is 17.5 Å². The van der Waals surface area contributed by atoms with Gasteiger partial charge in [-0.1, -0.05) is 24.3 Å². The van der Waals surface area contributed by atoms with Gasteiger partial charge in [0.25, 0.3) is 0 Å². The molecule has 1 aliphatic rings. The van der Waals surface area contributed by atoms with Crippen molar-refractivity contribution in [3.05, 3.63) is 76.9 Å². The highest BCUT2D eigenvalue weighted by molar-refractivity contribution is 7.90. The van der Waals surface area contributed by atoms with E-state index in [1.54, 1.807) is 12.2 Å². The Bertz CT molecular complexity index is 1040. The summed E-state index contributed by atoms with van der Waals surface area (Å²) < 4.78 is 89.5. The van der Waals surface area contributed by atoms with Crippen LogP contribution in [0.15, 0.2) is 53.4 Å². The molecule has 0 N–H and O–H groups in total. The maximum absolute atomic E-state index is 14.2. The molecule has 1 aliphatic carbocycles. The van der Waals surface area contributed by atoms with Crippen molar-refractivity contribution in [1.82, 2.24) is 0 Å². The van der Waals surface area contributed by atoms with E-state index >= 15 is 0 Å². The molecule has 0 radical (unpaired) electrons. The third kappa shape index (κ3) is 3.80. The number of hydrogen-bond acceptors (Lipinski definition) is 2. The summed E-state index contributed by atoms with van der Waals surface area (Å²) in [5.74, 6) is -2.43. The van der Waals surface area contributed by atoms with Crippen LogP contribution >= 0.6 is 0 Å². The molecule has 0 saturated carbocycles. The monoisotopic (exact) mass is 400 g/mol. The van der Waals surface area contributed by atoms with E-state index in [0.29, 0.717) is 29.4 Å². The Morgan fingerprint density at radius 2 is 1.33 bits per heavy atom. The zero-order chi connectivity index (χ0) is 20.0. The normalized spacial score (nSPS) is 14.9. The van der Waals surface area contributed by atoms with Crippen molar-refractivity contribution in [1.29, 1.82) is 0 Å². The molecule has 0 amide bonds. The van der Waals surface area contributed by atoms with Crippen LogP contribution in [0.2, 0.25) is 0 Å². The quantitative estimate of drug-likeness (QED) is 0.659. The lowest BCUT2D eigenvalue weighted by molar-refractivity contribution is -0.137. The second kappa shape index (κ2) is 6.60. The summed E-state index contributed by atoms with van der Waals surface area (Å²) in [6.45, 7) is 0. The number of halogens is 5. The van der Waals surface area contributed by atoms with Gasteiger partial charge in [-0.2, -0.15) is 13.2 Å². The number of allylic oxidation sites excluding steroid dienone is 4. The lowest BCUT2D eigenvalue weighted by Crippen LogP contribution is -2.06. The lowest BCUT2D eigenvalue weighted by Gasteiger charge is -2.13. The van der Waals surface area contributed by atoms with Crippen molar-refractivity contribution in [2.75, 3.05) is 6.26 Å². The first-order valence-corrected chi connectivity index (χ1v) is 9.65. The molecule has 0 aliphatic heterocycles. The maximum Gasteiger partial charge on any atom is 0.416 e. The van der Waals surface area contributed by atoms with Crippen LogP contribution in [-0.2, 0) is 16.0 Å². The smallest absolute Gasteiger partial charge is 0.224 e. The molecule has 27 heavy (non-hydrogen) atoms. The minimum Gasteiger partial charge on any atom is -0.224 e. The summed E-state index contributed by atoms with van der Waals surface area (Å²) in [5, 5.41) is 0. The average molecular weight is 400 g/mol. The SMILES string of the molecule is CS(=O)(=O)c1c(F)cc(C2=CCC=C2c2ccc(C(F)(F)F)cc2)cc1F. The van der Waals surface area contributed by atoms with E-state index in [9.17, 15) is 30.4 Å². The molecule has 3 rings (SSSR count). The van der Waals surface area contributed by atoms with Gasteiger partial charge in [0.1, 0.15) is 16.5 Å². The fraction of sp³-hybridized carbons (Fsp3) is 0.158. The van der Waals surface area contributed by atoms with Gasteiger partial charge in [0, 0.05) is 6.26 Å². The van der Waals surface area contributed by atoms with Crippen LogP contribution in [-0.4, -0.2) is 14.7 Å². The molecule has 0 unspecified atom stereocenters. The number of rotatable bonds is 3. The Hall–Kier alpha value is -2.48. The first kappa shape index (κ1) is 19.3. The fourth-order valence-electron chi connectivity index (χ4n) is 2.97. The highest BCUT2D eigenvalue weighted by Crippen LogP contribution is 2.39. The molecular formula is C19H13F5O2S. The van der Waals surface area contributed by atoms with Gasteiger partial charge < -0.3 is 0 Å². The number of benzene rings is 2. The van der Waals surface area contributed by atoms with E-state index in [2.05, 4.69) is 0 Å². The van der Waals surface area contributed by atoms with Gasteiger partial charge in [-0.25, -0.2) is 17.2 Å². The number of sulfone groups is 1. The lowest BCUT2D eigenvalue weighted by atomic mass is 9.94. The van der Waals surface area contributed by atoms with Crippen LogP contribution in [0.3, 0.4) is 0 Å². The van der Waals surface area contributed by atoms with Gasteiger partial charge in [0.15, 0.2) is 9.84 Å². The molecule has 0 heterocycles. The van der Waals surface area contributed by atoms with E-state index < -0.39 is 38.1 Å². The van der Waals surface area contributed by atoms with Crippen molar-refractivity contribution in [2.24, 2.45) is 0 Å². The molecule has 0 fully saturated rings. The van der Waals surface area contributed by atoms with Crippen molar-refractivity contribution >= 4 is 21.0 Å². The molecule has 142 valence electrons. The van der Waals surface area contributed by atoms with E-state index in [1.165, 1.54) is 12.1 Å². The van der Waals surface area contributed by atoms with Gasteiger partial charge in [-0.05, 0) is 53.0 Å². The van der Waals surface area contributed by atoms with Gasteiger partial charge in [0.05, 0.1) is 5.56 Å². The zero-order valence-corrected chi connectivity index (χ0v) is 14.8. The first-order valence-electron chi connectivity index (χ1n) is 7.76. The van der Waals surface area contributed by atoms with E-state index in [0.717, 1.165) is 24.3 Å². The Kier molecular flexibility index (Phi) is 4.71. The molecule has 0 saturated heterocycles. The van der Waals surface area contributed by atoms with Crippen molar-refractivity contribution in [3.63, 3.8) is 0 Å². The minimum atomic E-state index is -4.46. The summed E-state index contributed by atoms with van der Waals surface area (Å²) in [5.41, 5.74) is 0.716. The van der Waals surface area contributed by atoms with Gasteiger partial charge in [-0.15, -0.1) is 0 Å². The van der Waals surface area contributed by atoms with Gasteiger partial charge >= 0.3 is 6.18 Å². The standard InChI is InChI=1S/C19H13F5O2S/c1-27(25,26)18-16(20)9-12(10-17(18)21)15-4-2-3-14(15)11-5-7-13(8-6-11)19(22,23)24/h3-10H,2H2,1H3. The maximum atomic E-state index is 14.2. The van der Waals surface area contributed by atoms with Crippen LogP contribution < -0.4 is 0 Å². The molecule has 0 atom stereocenters. The third-order valence-electron chi connectivity index (χ3n) is 4.14. The summed E-state index contributed by atoms with van der Waals surface area (Å²) >= 11 is 0. The molecular weight excluding hydrogens is 387 g/mol. The second-order valence-corrected chi connectivity index (χ2v) is 8.04. The van der Waals surface area contributed by atoms with Crippen molar-refractivity contribution < 1.29 is 30.4 Å². The number of hydrogen-bond donors (Lipinski definition) is 0. The highest BCUT2D eigenvalue weighted by atomic mass is 32.2. The fourth-order valence-corrected chi connectivity index (χ4v) is 3.80. The van der Waals surface area contributed by atoms with E-state index in [4.69, 9.17) is 0 Å². The van der Waals surface area contributed by atoms with Crippen LogP contribution in [0, 0.1) is 11.6 Å². The Morgan fingerprint density at radius 1 is 0.852 bits per heavy atom. The Morgan fingerprint density at radius 3 is 1.78 bits per heavy atom. The average Bonchev–Trinajstić information content (AvgIpc) is 3.01. The topological polar surface area (TPSA) is 34.1 Å². The number of alkyl halides is 3. The Balaban J connectivity index is 2.00. The molecule has 0 bridgehead atoms. The van der Waals surface area contributed by atoms with E-state index in [-0.39, 0.29) is 5.56 Å². The third-order valence-corrected chi connectivity index (χ3v) is 5.27. The summed E-state index contributed by atoms with van der Waals surface area (Å²) in [4.78, 5) is -1.01. The molecule has 2 aromatic rings.